The molecule has 2 aromatic carbocycles. The summed E-state index contributed by atoms with van der Waals surface area (Å²) in [6.07, 6.45) is 0.677. The number of rotatable bonds is 2. The Kier molecular flexibility index (Phi) is 5.60. The summed E-state index contributed by atoms with van der Waals surface area (Å²) in [4.78, 5) is 4.44. The lowest BCUT2D eigenvalue weighted by Crippen LogP contribution is -2.49. The molecule has 0 radical (unpaired) electrons. The quantitative estimate of drug-likeness (QED) is 0.301. The summed E-state index contributed by atoms with van der Waals surface area (Å²) in [7, 11) is 0. The molecule has 3 rings (SSSR count). The van der Waals surface area contributed by atoms with Crippen LogP contribution in [0.25, 0.3) is 0 Å². The van der Waals surface area contributed by atoms with Crippen LogP contribution < -0.4 is 15.4 Å². The van der Waals surface area contributed by atoms with Gasteiger partial charge in [0.05, 0.1) is 16.7 Å². The van der Waals surface area contributed by atoms with E-state index in [4.69, 9.17) is 21.6 Å². The van der Waals surface area contributed by atoms with Crippen molar-refractivity contribution in [1.29, 1.82) is 10.5 Å². The van der Waals surface area contributed by atoms with Gasteiger partial charge in [-0.15, -0.1) is 0 Å². The third-order valence-corrected chi connectivity index (χ3v) is 4.77. The maximum absolute atomic E-state index is 13.7. The molecule has 1 aliphatic heterocycles. The SMILES string of the molecule is CC1(C)Oc2ccc(C#N)cc2[C@H](N=C(NC#N)Nc2ccc(Cl)c(F)c2)[C@H]1O. The van der Waals surface area contributed by atoms with Gasteiger partial charge in [-0.1, -0.05) is 11.6 Å². The number of fused-ring (bicyclic) bond motifs is 1. The molecule has 9 heteroatoms. The van der Waals surface area contributed by atoms with Crippen LogP contribution in [0.2, 0.25) is 5.02 Å². The van der Waals surface area contributed by atoms with Crippen LogP contribution in [0, 0.1) is 28.6 Å². The van der Waals surface area contributed by atoms with Crippen molar-refractivity contribution >= 4 is 23.2 Å². The fourth-order valence-electron chi connectivity index (χ4n) is 2.97. The van der Waals surface area contributed by atoms with Crippen LogP contribution in [0.4, 0.5) is 10.1 Å². The fourth-order valence-corrected chi connectivity index (χ4v) is 3.09. The lowest BCUT2D eigenvalue weighted by molar-refractivity contribution is -0.0567. The Labute approximate surface area is 172 Å². The molecule has 0 aliphatic carbocycles. The summed E-state index contributed by atoms with van der Waals surface area (Å²) in [5.41, 5.74) is 0.207. The molecule has 0 bridgehead atoms. The first kappa shape index (κ1) is 20.4. The number of benzene rings is 2. The number of guanidine groups is 1. The Morgan fingerprint density at radius 3 is 2.69 bits per heavy atom. The lowest BCUT2D eigenvalue weighted by atomic mass is 9.86. The van der Waals surface area contributed by atoms with E-state index in [-0.39, 0.29) is 11.0 Å². The molecule has 2 aromatic rings. The van der Waals surface area contributed by atoms with E-state index in [0.29, 0.717) is 22.6 Å². The maximum Gasteiger partial charge on any atom is 0.209 e. The molecule has 0 aromatic heterocycles. The van der Waals surface area contributed by atoms with Crippen molar-refractivity contribution in [3.8, 4) is 18.0 Å². The highest BCUT2D eigenvalue weighted by Crippen LogP contribution is 2.42. The molecule has 1 heterocycles. The largest absolute Gasteiger partial charge is 0.485 e. The second kappa shape index (κ2) is 7.96. The van der Waals surface area contributed by atoms with Crippen LogP contribution in [0.5, 0.6) is 5.75 Å². The Balaban J connectivity index is 2.05. The van der Waals surface area contributed by atoms with Crippen LogP contribution in [-0.2, 0) is 0 Å². The van der Waals surface area contributed by atoms with Crippen LogP contribution in [0.3, 0.4) is 0 Å². The van der Waals surface area contributed by atoms with Crippen LogP contribution in [-0.4, -0.2) is 22.8 Å². The van der Waals surface area contributed by atoms with Gasteiger partial charge in [0.2, 0.25) is 5.96 Å². The third kappa shape index (κ3) is 4.24. The van der Waals surface area contributed by atoms with E-state index in [1.807, 2.05) is 6.07 Å². The van der Waals surface area contributed by atoms with Gasteiger partial charge in [0, 0.05) is 11.3 Å². The lowest BCUT2D eigenvalue weighted by Gasteiger charge is -2.40. The van der Waals surface area contributed by atoms with E-state index in [2.05, 4.69) is 15.6 Å². The Hall–Kier alpha value is -3.33. The number of anilines is 1. The molecule has 2 atom stereocenters. The van der Waals surface area contributed by atoms with Crippen molar-refractivity contribution in [3.63, 3.8) is 0 Å². The van der Waals surface area contributed by atoms with Crippen LogP contribution in [0.15, 0.2) is 41.4 Å². The molecule has 3 N–H and O–H groups in total. The number of aliphatic hydroxyl groups excluding tert-OH is 1. The number of aliphatic imine (C=N–C) groups is 1. The van der Waals surface area contributed by atoms with Gasteiger partial charge in [-0.2, -0.15) is 10.5 Å². The topological polar surface area (TPSA) is 113 Å². The number of hydrogen-bond donors (Lipinski definition) is 3. The molecule has 29 heavy (non-hydrogen) atoms. The molecule has 0 saturated carbocycles. The van der Waals surface area contributed by atoms with Crippen molar-refractivity contribution in [3.05, 3.63) is 58.4 Å². The van der Waals surface area contributed by atoms with Gasteiger partial charge in [0.25, 0.3) is 0 Å². The summed E-state index contributed by atoms with van der Waals surface area (Å²) in [5, 5.41) is 34.3. The van der Waals surface area contributed by atoms with Gasteiger partial charge in [-0.05, 0) is 50.2 Å². The number of hydrogen-bond acceptors (Lipinski definition) is 5. The highest BCUT2D eigenvalue weighted by Gasteiger charge is 2.43. The van der Waals surface area contributed by atoms with Gasteiger partial charge in [0.15, 0.2) is 6.19 Å². The van der Waals surface area contributed by atoms with Gasteiger partial charge < -0.3 is 15.2 Å². The van der Waals surface area contributed by atoms with Crippen molar-refractivity contribution < 1.29 is 14.2 Å². The highest BCUT2D eigenvalue weighted by atomic mass is 35.5. The molecule has 0 fully saturated rings. The second-order valence-corrected chi connectivity index (χ2v) is 7.34. The van der Waals surface area contributed by atoms with Gasteiger partial charge in [-0.25, -0.2) is 9.38 Å². The predicted octanol–water partition coefficient (Wildman–Crippen LogP) is 3.46. The first-order valence-corrected chi connectivity index (χ1v) is 8.99. The van der Waals surface area contributed by atoms with Crippen LogP contribution in [0.1, 0.15) is 31.0 Å². The molecule has 0 saturated heterocycles. The summed E-state index contributed by atoms with van der Waals surface area (Å²) >= 11 is 5.69. The molecule has 0 unspecified atom stereocenters. The van der Waals surface area contributed by atoms with E-state index in [9.17, 15) is 14.8 Å². The Bertz CT molecular complexity index is 1060. The highest BCUT2D eigenvalue weighted by molar-refractivity contribution is 6.30. The standard InChI is InChI=1S/C20H17ClFN5O2/c1-20(2)18(28)17(13-7-11(9-23)3-6-16(13)29-20)27-19(25-10-24)26-12-4-5-14(21)15(22)8-12/h3-8,17-18,28H,1-2H3,(H2,25,26,27)/t17-,18+/m0/s1. The first-order valence-electron chi connectivity index (χ1n) is 8.61. The van der Waals surface area contributed by atoms with E-state index in [1.54, 1.807) is 38.2 Å². The summed E-state index contributed by atoms with van der Waals surface area (Å²) < 4.78 is 19.6. The number of ether oxygens (including phenoxy) is 1. The Morgan fingerprint density at radius 2 is 2.03 bits per heavy atom. The van der Waals surface area contributed by atoms with Crippen molar-refractivity contribution in [2.75, 3.05) is 5.32 Å². The molecule has 0 amide bonds. The van der Waals surface area contributed by atoms with Gasteiger partial charge in [0.1, 0.15) is 29.3 Å². The Morgan fingerprint density at radius 1 is 1.28 bits per heavy atom. The summed E-state index contributed by atoms with van der Waals surface area (Å²) in [5.74, 6) is -0.171. The molecule has 148 valence electrons. The normalized spacial score (nSPS) is 19.9. The second-order valence-electron chi connectivity index (χ2n) is 6.93. The predicted molar refractivity (Wildman–Crippen MR) is 106 cm³/mol. The molecular formula is C20H17ClFN5O2. The molecular weight excluding hydrogens is 397 g/mol. The first-order chi connectivity index (χ1) is 13.7. The molecule has 7 nitrogen and oxygen atoms in total. The zero-order valence-corrected chi connectivity index (χ0v) is 16.3. The molecule has 0 spiro atoms. The van der Waals surface area contributed by atoms with Crippen molar-refractivity contribution in [1.82, 2.24) is 5.32 Å². The van der Waals surface area contributed by atoms with E-state index < -0.39 is 23.6 Å². The average Bonchev–Trinajstić information content (AvgIpc) is 2.68. The van der Waals surface area contributed by atoms with Gasteiger partial charge in [-0.3, -0.25) is 5.32 Å². The number of aliphatic hydroxyl groups is 1. The maximum atomic E-state index is 13.7. The minimum atomic E-state index is -1.08. The summed E-state index contributed by atoms with van der Waals surface area (Å²) in [6, 6.07) is 10.1. The van der Waals surface area contributed by atoms with E-state index >= 15 is 0 Å². The number of nitrogens with zero attached hydrogens (tertiary/aromatic N) is 3. The number of nitrogens with one attached hydrogen (secondary N) is 2. The van der Waals surface area contributed by atoms with Crippen molar-refractivity contribution in [2.45, 2.75) is 31.6 Å². The summed E-state index contributed by atoms with van der Waals surface area (Å²) in [6.45, 7) is 3.42. The number of halogens is 2. The van der Waals surface area contributed by atoms with Gasteiger partial charge >= 0.3 is 0 Å². The third-order valence-electron chi connectivity index (χ3n) is 4.47. The van der Waals surface area contributed by atoms with Crippen molar-refractivity contribution in [2.24, 2.45) is 4.99 Å². The van der Waals surface area contributed by atoms with E-state index in [0.717, 1.165) is 6.07 Å². The average molecular weight is 414 g/mol. The monoisotopic (exact) mass is 413 g/mol. The fraction of sp³-hybridized carbons (Fsp3) is 0.250. The van der Waals surface area contributed by atoms with E-state index in [1.165, 1.54) is 12.1 Å². The zero-order valence-electron chi connectivity index (χ0n) is 15.6. The minimum absolute atomic E-state index is 0.00992. The number of nitriles is 2. The smallest absolute Gasteiger partial charge is 0.209 e. The molecule has 1 aliphatic rings. The minimum Gasteiger partial charge on any atom is -0.485 e. The zero-order chi connectivity index (χ0) is 21.2. The van der Waals surface area contributed by atoms with Crippen LogP contribution >= 0.6 is 11.6 Å².